The van der Waals surface area contributed by atoms with Crippen molar-refractivity contribution < 1.29 is 45.4 Å². The molecule has 6 aromatic carbocycles. The lowest BCUT2D eigenvalue weighted by Crippen LogP contribution is -2.48. The number of carbonyl (C=O) groups is 2. The van der Waals surface area contributed by atoms with Crippen molar-refractivity contribution in [3.63, 3.8) is 0 Å². The lowest BCUT2D eigenvalue weighted by atomic mass is 10.0. The molecule has 2 amide bonds. The number of aryl methyl sites for hydroxylation is 2. The van der Waals surface area contributed by atoms with E-state index in [1.54, 1.807) is 74.6 Å². The van der Waals surface area contributed by atoms with E-state index in [2.05, 4.69) is 10.6 Å². The highest BCUT2D eigenvalue weighted by Gasteiger charge is 2.40. The van der Waals surface area contributed by atoms with Crippen molar-refractivity contribution in [2.45, 2.75) is 38.0 Å². The maximum absolute atomic E-state index is 14.1. The lowest BCUT2D eigenvalue weighted by Gasteiger charge is -2.38. The smallest absolute Gasteiger partial charge is 0.250 e. The van der Waals surface area contributed by atoms with Gasteiger partial charge in [0.05, 0.1) is 63.5 Å². The second-order valence-electron chi connectivity index (χ2n) is 17.3. The van der Waals surface area contributed by atoms with Crippen LogP contribution in [0.3, 0.4) is 0 Å². The molecule has 2 saturated heterocycles. The van der Waals surface area contributed by atoms with Crippen molar-refractivity contribution in [3.8, 4) is 23.0 Å². The van der Waals surface area contributed by atoms with Crippen LogP contribution in [0.2, 0.25) is 0 Å². The van der Waals surface area contributed by atoms with Gasteiger partial charge in [0, 0.05) is 60.9 Å². The van der Waals surface area contributed by atoms with Crippen molar-refractivity contribution in [3.05, 3.63) is 179 Å². The first kappa shape index (κ1) is 50.8. The Balaban J connectivity index is 0.000000206. The van der Waals surface area contributed by atoms with Crippen LogP contribution in [0, 0.1) is 13.8 Å². The van der Waals surface area contributed by atoms with E-state index in [4.69, 9.17) is 18.9 Å². The van der Waals surface area contributed by atoms with E-state index >= 15 is 0 Å². The summed E-state index contributed by atoms with van der Waals surface area (Å²) < 4.78 is 71.7. The van der Waals surface area contributed by atoms with E-state index in [0.29, 0.717) is 34.4 Å². The van der Waals surface area contributed by atoms with Crippen LogP contribution >= 0.6 is 0 Å². The van der Waals surface area contributed by atoms with Gasteiger partial charge in [-0.2, -0.15) is 0 Å². The number of nitrogens with zero attached hydrogens (tertiary/aromatic N) is 2. The van der Waals surface area contributed by atoms with Gasteiger partial charge < -0.3 is 39.4 Å². The van der Waals surface area contributed by atoms with Gasteiger partial charge >= 0.3 is 0 Å². The Morgan fingerprint density at radius 2 is 0.800 bits per heavy atom. The summed E-state index contributed by atoms with van der Waals surface area (Å²) in [5.41, 5.74) is 6.63. The normalized spacial score (nSPS) is 17.9. The number of ether oxygens (including phenoxy) is 4. The van der Waals surface area contributed by atoms with Gasteiger partial charge in [0.1, 0.15) is 35.1 Å². The van der Waals surface area contributed by atoms with Crippen molar-refractivity contribution in [2.24, 2.45) is 0 Å². The molecule has 2 N–H and O–H groups in total. The van der Waals surface area contributed by atoms with E-state index in [0.717, 1.165) is 33.4 Å². The van der Waals surface area contributed by atoms with E-state index in [1.165, 1.54) is 0 Å². The first-order valence-corrected chi connectivity index (χ1v) is 26.5. The summed E-state index contributed by atoms with van der Waals surface area (Å²) in [5, 5.41) is 6.71. The molecular weight excluding hydrogens is 929 g/mol. The standard InChI is InChI=1S/2C27H30N2O5S/c2*1-19-9-11-21(12-10-19)26(28-22-15-23(33-2)17-24(16-22)34-3)27(30)29-13-14-35(31,32)18-25(29)20-7-5-4-6-8-20/h2*4-12,15-17,25-26,28H,13-14,18H2,1-3H3. The third-order valence-electron chi connectivity index (χ3n) is 12.4. The molecule has 0 radical (unpaired) electrons. The largest absolute Gasteiger partial charge is 0.497 e. The van der Waals surface area contributed by atoms with Crippen molar-refractivity contribution in [1.82, 2.24) is 9.80 Å². The Kier molecular flexibility index (Phi) is 16.4. The molecule has 0 spiro atoms. The first-order chi connectivity index (χ1) is 33.6. The van der Waals surface area contributed by atoms with Crippen LogP contribution in [0.5, 0.6) is 23.0 Å². The first-order valence-electron chi connectivity index (χ1n) is 22.8. The molecule has 14 nitrogen and oxygen atoms in total. The number of anilines is 2. The van der Waals surface area contributed by atoms with Gasteiger partial charge in [-0.25, -0.2) is 16.8 Å². The number of sulfone groups is 2. The second-order valence-corrected chi connectivity index (χ2v) is 21.8. The van der Waals surface area contributed by atoms with Crippen LogP contribution in [0.25, 0.3) is 0 Å². The Bertz CT molecular complexity index is 2710. The molecule has 0 aromatic heterocycles. The zero-order chi connectivity index (χ0) is 50.0. The van der Waals surface area contributed by atoms with Crippen LogP contribution in [-0.4, -0.2) is 103 Å². The van der Waals surface area contributed by atoms with Crippen LogP contribution in [0.4, 0.5) is 11.4 Å². The molecular formula is C54H60N4O10S2. The summed E-state index contributed by atoms with van der Waals surface area (Å²) in [6.07, 6.45) is 0. The van der Waals surface area contributed by atoms with Crippen molar-refractivity contribution >= 4 is 42.9 Å². The average molecular weight is 989 g/mol. The summed E-state index contributed by atoms with van der Waals surface area (Å²) >= 11 is 0. The average Bonchev–Trinajstić information content (AvgIpc) is 3.37. The topological polar surface area (TPSA) is 170 Å². The monoisotopic (exact) mass is 988 g/mol. The van der Waals surface area contributed by atoms with Gasteiger partial charge in [-0.1, -0.05) is 120 Å². The van der Waals surface area contributed by atoms with Crippen LogP contribution < -0.4 is 29.6 Å². The maximum Gasteiger partial charge on any atom is 0.250 e. The fourth-order valence-corrected chi connectivity index (χ4v) is 11.6. The van der Waals surface area contributed by atoms with Crippen LogP contribution in [0.15, 0.2) is 146 Å². The summed E-state index contributed by atoms with van der Waals surface area (Å²) in [5.74, 6) is 1.65. The second kappa shape index (κ2) is 22.6. The van der Waals surface area contributed by atoms with E-state index in [-0.39, 0.29) is 47.9 Å². The molecule has 4 unspecified atom stereocenters. The summed E-state index contributed by atoms with van der Waals surface area (Å²) in [6, 6.07) is 42.3. The third-order valence-corrected chi connectivity index (χ3v) is 15.7. The van der Waals surface area contributed by atoms with Gasteiger partial charge in [-0.3, -0.25) is 9.59 Å². The molecule has 2 heterocycles. The molecule has 2 aliphatic rings. The number of rotatable bonds is 14. The van der Waals surface area contributed by atoms with Crippen molar-refractivity contribution in [2.75, 3.05) is 75.2 Å². The molecule has 4 atom stereocenters. The number of amides is 2. The van der Waals surface area contributed by atoms with Crippen LogP contribution in [0.1, 0.15) is 57.5 Å². The predicted octanol–water partition coefficient (Wildman–Crippen LogP) is 8.33. The fourth-order valence-electron chi connectivity index (χ4n) is 8.58. The summed E-state index contributed by atoms with van der Waals surface area (Å²) in [4.78, 5) is 31.6. The number of hydrogen-bond donors (Lipinski definition) is 2. The Labute approximate surface area is 411 Å². The summed E-state index contributed by atoms with van der Waals surface area (Å²) in [7, 11) is -0.257. The molecule has 8 rings (SSSR count). The molecule has 2 fully saturated rings. The minimum Gasteiger partial charge on any atom is -0.497 e. The van der Waals surface area contributed by atoms with Gasteiger partial charge in [0.2, 0.25) is 11.8 Å². The van der Waals surface area contributed by atoms with Gasteiger partial charge in [-0.05, 0) is 36.1 Å². The Morgan fingerprint density at radius 1 is 0.486 bits per heavy atom. The van der Waals surface area contributed by atoms with E-state index in [9.17, 15) is 26.4 Å². The zero-order valence-corrected chi connectivity index (χ0v) is 41.8. The van der Waals surface area contributed by atoms with E-state index < -0.39 is 43.8 Å². The van der Waals surface area contributed by atoms with Crippen molar-refractivity contribution in [1.29, 1.82) is 0 Å². The lowest BCUT2D eigenvalue weighted by molar-refractivity contribution is -0.135. The molecule has 0 saturated carbocycles. The SMILES string of the molecule is COc1cc(NC(C(=O)N2CCS(=O)(=O)CC2c2ccccc2)c2ccc(C)cc2)cc(OC)c1.COc1cc(NC(C(=O)N2CCS(=O)(=O)CC2c2ccccc2)c2ccc(C)cc2)cc(OC)c1. The summed E-state index contributed by atoms with van der Waals surface area (Å²) in [6.45, 7) is 4.24. The molecule has 70 heavy (non-hydrogen) atoms. The highest BCUT2D eigenvalue weighted by atomic mass is 32.2. The molecule has 16 heteroatoms. The van der Waals surface area contributed by atoms with Gasteiger partial charge in [0.15, 0.2) is 19.7 Å². The number of carbonyl (C=O) groups excluding carboxylic acids is 2. The number of nitrogens with one attached hydrogen (secondary N) is 2. The maximum atomic E-state index is 14.1. The fraction of sp³-hybridized carbons (Fsp3) is 0.296. The molecule has 368 valence electrons. The number of benzene rings is 6. The van der Waals surface area contributed by atoms with Gasteiger partial charge in [0.25, 0.3) is 0 Å². The highest BCUT2D eigenvalue weighted by molar-refractivity contribution is 7.91. The zero-order valence-electron chi connectivity index (χ0n) is 40.2. The molecule has 6 aromatic rings. The number of hydrogen-bond acceptors (Lipinski definition) is 12. The third kappa shape index (κ3) is 12.8. The van der Waals surface area contributed by atoms with Gasteiger partial charge in [-0.15, -0.1) is 0 Å². The molecule has 0 bridgehead atoms. The highest BCUT2D eigenvalue weighted by Crippen LogP contribution is 2.36. The van der Waals surface area contributed by atoms with Crippen LogP contribution in [-0.2, 0) is 29.3 Å². The predicted molar refractivity (Wildman–Crippen MR) is 273 cm³/mol. The minimum atomic E-state index is -3.27. The minimum absolute atomic E-state index is 0.0598. The Hall–Kier alpha value is -7.04. The number of methoxy groups -OCH3 is 4. The molecule has 0 aliphatic carbocycles. The van der Waals surface area contributed by atoms with E-state index in [1.807, 2.05) is 123 Å². The Morgan fingerprint density at radius 3 is 1.10 bits per heavy atom. The molecule has 2 aliphatic heterocycles. The quantitative estimate of drug-likeness (QED) is 0.107.